The molecule has 6 aliphatic rings. The normalized spacial score (nSPS) is 43.1. The minimum absolute atomic E-state index is 0.00709. The van der Waals surface area contributed by atoms with Crippen molar-refractivity contribution >= 4 is 23.5 Å². The summed E-state index contributed by atoms with van der Waals surface area (Å²) in [6, 6.07) is 0.577. The lowest BCUT2D eigenvalue weighted by atomic mass is 9.91. The molecule has 8 unspecified atom stereocenters. The molecule has 10 atom stereocenters. The highest BCUT2D eigenvalue weighted by Gasteiger charge is 2.51. The van der Waals surface area contributed by atoms with Gasteiger partial charge >= 0.3 is 0 Å². The maximum atomic E-state index is 12.9. The molecule has 0 spiro atoms. The number of morpholine rings is 1. The van der Waals surface area contributed by atoms with E-state index in [1.54, 1.807) is 6.08 Å². The highest BCUT2D eigenvalue weighted by molar-refractivity contribution is 8.00. The first-order valence-corrected chi connectivity index (χ1v) is 15.6. The van der Waals surface area contributed by atoms with Crippen molar-refractivity contribution in [3.05, 3.63) is 12.0 Å². The number of nitrogens with one attached hydrogen (secondary N) is 4. The average Bonchev–Trinajstić information content (AvgIpc) is 3.58. The first-order chi connectivity index (χ1) is 19.0. The number of amides is 1. The smallest absolute Gasteiger partial charge is 0.224 e. The molecule has 12 nitrogen and oxygen atoms in total. The Balaban J connectivity index is 1.06. The lowest BCUT2D eigenvalue weighted by Gasteiger charge is -2.42. The molecule has 6 rings (SSSR count). The van der Waals surface area contributed by atoms with Crippen molar-refractivity contribution in [2.45, 2.75) is 80.1 Å². The van der Waals surface area contributed by atoms with Gasteiger partial charge in [-0.05, 0) is 19.3 Å². The Kier molecular flexibility index (Phi) is 8.66. The minimum atomic E-state index is -0.532. The Bertz CT molecular complexity index is 936. The maximum absolute atomic E-state index is 12.9. The van der Waals surface area contributed by atoms with Crippen molar-refractivity contribution in [2.75, 3.05) is 45.2 Å². The van der Waals surface area contributed by atoms with Gasteiger partial charge in [-0.2, -0.15) is 11.8 Å². The van der Waals surface area contributed by atoms with Crippen LogP contribution in [0.15, 0.2) is 12.0 Å². The fourth-order valence-electron chi connectivity index (χ4n) is 6.83. The van der Waals surface area contributed by atoms with Crippen LogP contribution in [0.4, 0.5) is 0 Å². The van der Waals surface area contributed by atoms with Crippen LogP contribution in [0, 0.1) is 11.8 Å². The molecule has 0 bridgehead atoms. The van der Waals surface area contributed by atoms with Gasteiger partial charge in [0.05, 0.1) is 31.9 Å². The van der Waals surface area contributed by atoms with Gasteiger partial charge in [0.25, 0.3) is 0 Å². The first-order valence-electron chi connectivity index (χ1n) is 14.5. The van der Waals surface area contributed by atoms with Crippen LogP contribution in [-0.4, -0.2) is 110 Å². The summed E-state index contributed by atoms with van der Waals surface area (Å²) >= 11 is 1.89. The predicted molar refractivity (Wildman–Crippen MR) is 146 cm³/mol. The predicted octanol–water partition coefficient (Wildman–Crippen LogP) is -1.63. The summed E-state index contributed by atoms with van der Waals surface area (Å²) in [5, 5.41) is 14.5. The molecule has 5 aliphatic heterocycles. The Hall–Kier alpha value is -1.45. The zero-order valence-electron chi connectivity index (χ0n) is 22.4. The van der Waals surface area contributed by atoms with Crippen molar-refractivity contribution in [2.24, 2.45) is 23.3 Å². The first kappa shape index (κ1) is 27.7. The van der Waals surface area contributed by atoms with Crippen LogP contribution in [0.5, 0.6) is 0 Å². The number of primary amides is 1. The van der Waals surface area contributed by atoms with Gasteiger partial charge in [-0.15, -0.1) is 0 Å². The summed E-state index contributed by atoms with van der Waals surface area (Å²) in [6.07, 6.45) is 5.73. The minimum Gasteiger partial charge on any atom is -0.472 e. The van der Waals surface area contributed by atoms with Crippen molar-refractivity contribution < 1.29 is 23.8 Å². The number of hydrogen-bond acceptors (Lipinski definition) is 12. The fourth-order valence-corrected chi connectivity index (χ4v) is 8.39. The maximum Gasteiger partial charge on any atom is 0.224 e. The van der Waals surface area contributed by atoms with Crippen LogP contribution in [-0.2, 0) is 23.8 Å². The number of ketones is 1. The summed E-state index contributed by atoms with van der Waals surface area (Å²) in [5.74, 6) is 0.972. The quantitative estimate of drug-likeness (QED) is 0.209. The number of rotatable bonds is 7. The molecule has 5 heterocycles. The van der Waals surface area contributed by atoms with E-state index in [1.807, 2.05) is 11.8 Å². The zero-order valence-corrected chi connectivity index (χ0v) is 23.2. The Labute approximate surface area is 234 Å². The summed E-state index contributed by atoms with van der Waals surface area (Å²) in [5.41, 5.74) is 12.1. The summed E-state index contributed by atoms with van der Waals surface area (Å²) in [7, 11) is 0. The third-order valence-electron chi connectivity index (χ3n) is 9.09. The van der Waals surface area contributed by atoms with Crippen LogP contribution in [0.2, 0.25) is 0 Å². The molecule has 0 aromatic heterocycles. The van der Waals surface area contributed by atoms with Crippen LogP contribution >= 0.6 is 11.8 Å². The number of hydrogen-bond donors (Lipinski definition) is 6. The molecule has 13 heteroatoms. The number of carbonyl (C=O) groups excluding carboxylic acids is 2. The van der Waals surface area contributed by atoms with Crippen LogP contribution in [0.3, 0.4) is 0 Å². The molecule has 1 amide bonds. The van der Waals surface area contributed by atoms with Gasteiger partial charge in [0, 0.05) is 60.8 Å². The van der Waals surface area contributed by atoms with Crippen molar-refractivity contribution in [3.63, 3.8) is 0 Å². The molecule has 0 radical (unpaired) electrons. The van der Waals surface area contributed by atoms with Crippen LogP contribution in [0.1, 0.15) is 32.1 Å². The van der Waals surface area contributed by atoms with E-state index in [0.29, 0.717) is 32.2 Å². The zero-order chi connectivity index (χ0) is 26.9. The molecule has 0 aromatic rings. The van der Waals surface area contributed by atoms with Gasteiger partial charge < -0.3 is 30.6 Å². The molecular weight excluding hydrogens is 522 g/mol. The van der Waals surface area contributed by atoms with E-state index in [4.69, 9.17) is 25.7 Å². The second-order valence-electron chi connectivity index (χ2n) is 11.7. The fraction of sp³-hybridized carbons (Fsp3) is 0.846. The van der Waals surface area contributed by atoms with Gasteiger partial charge in [-0.25, -0.2) is 0 Å². The van der Waals surface area contributed by atoms with E-state index in [1.165, 1.54) is 12.8 Å². The van der Waals surface area contributed by atoms with E-state index in [9.17, 15) is 9.59 Å². The lowest BCUT2D eigenvalue weighted by Crippen LogP contribution is -2.72. The third kappa shape index (κ3) is 6.10. The van der Waals surface area contributed by atoms with Gasteiger partial charge in [-0.1, -0.05) is 12.8 Å². The summed E-state index contributed by atoms with van der Waals surface area (Å²) in [6.45, 7) is 3.72. The van der Waals surface area contributed by atoms with Gasteiger partial charge in [-0.3, -0.25) is 30.9 Å². The van der Waals surface area contributed by atoms with E-state index in [-0.39, 0.29) is 65.5 Å². The highest BCUT2D eigenvalue weighted by Crippen LogP contribution is 2.42. The van der Waals surface area contributed by atoms with Gasteiger partial charge in [0.2, 0.25) is 5.91 Å². The van der Waals surface area contributed by atoms with Gasteiger partial charge in [0.15, 0.2) is 17.8 Å². The molecule has 5 fully saturated rings. The number of fused-ring (bicyclic) bond motifs is 1. The van der Waals surface area contributed by atoms with Gasteiger partial charge in [0.1, 0.15) is 12.4 Å². The number of nitrogens with zero attached hydrogens (tertiary/aromatic N) is 1. The van der Waals surface area contributed by atoms with E-state index in [2.05, 4.69) is 26.2 Å². The molecule has 1 aliphatic carbocycles. The lowest BCUT2D eigenvalue weighted by molar-refractivity contribution is -0.133. The third-order valence-corrected chi connectivity index (χ3v) is 10.7. The second-order valence-corrected chi connectivity index (χ2v) is 12.9. The molecule has 39 heavy (non-hydrogen) atoms. The average molecular weight is 566 g/mol. The summed E-state index contributed by atoms with van der Waals surface area (Å²) < 4.78 is 17.8. The molecule has 4 saturated heterocycles. The second kappa shape index (κ2) is 12.2. The highest BCUT2D eigenvalue weighted by atomic mass is 32.2. The number of carbonyl (C=O) groups is 2. The van der Waals surface area contributed by atoms with Crippen LogP contribution in [0.25, 0.3) is 0 Å². The summed E-state index contributed by atoms with van der Waals surface area (Å²) in [4.78, 5) is 27.3. The van der Waals surface area contributed by atoms with Crippen LogP contribution < -0.4 is 32.7 Å². The number of thioether (sulfide) groups is 1. The Morgan fingerprint density at radius 3 is 2.79 bits per heavy atom. The van der Waals surface area contributed by atoms with E-state index < -0.39 is 6.10 Å². The monoisotopic (exact) mass is 565 g/mol. The molecule has 1 saturated carbocycles. The number of ether oxygens (including phenoxy) is 3. The Morgan fingerprint density at radius 2 is 2.00 bits per heavy atom. The van der Waals surface area contributed by atoms with Crippen molar-refractivity contribution in [1.29, 1.82) is 0 Å². The SMILES string of the molecule is NC(=O)C1CNC(N[C@H]2CCCC[C@H]2N)NC1NC1CSC(C2COC3C(=O)C=C(N4CCOCC4)OC32)C1. The van der Waals surface area contributed by atoms with Crippen molar-refractivity contribution in [1.82, 2.24) is 26.2 Å². The largest absolute Gasteiger partial charge is 0.472 e. The van der Waals surface area contributed by atoms with E-state index >= 15 is 0 Å². The molecular formula is C26H43N7O5S. The number of nitrogens with two attached hydrogens (primary N) is 2. The van der Waals surface area contributed by atoms with Crippen molar-refractivity contribution in [3.8, 4) is 0 Å². The topological polar surface area (TPSA) is 165 Å². The standard InChI is InChI=1S/C26H43N7O5S/c27-17-3-1-2-4-18(17)31-26-29-11-15(24(28)35)25(32-26)30-14-9-20(39-13-14)16-12-37-23-19(34)10-21(38-22(16)23)33-5-7-36-8-6-33/h10,14-18,20,22-23,25-26,29-32H,1-9,11-13,27H2,(H2,28,35)/t14?,15?,16?,17-,18+,20?,22?,23?,25?,26?/m1/s1. The molecule has 218 valence electrons. The molecule has 0 aromatic carbocycles. The Morgan fingerprint density at radius 1 is 1.18 bits per heavy atom. The molecule has 8 N–H and O–H groups in total. The van der Waals surface area contributed by atoms with E-state index in [0.717, 1.165) is 38.1 Å².